The van der Waals surface area contributed by atoms with Gasteiger partial charge in [-0.1, -0.05) is 0 Å². The summed E-state index contributed by atoms with van der Waals surface area (Å²) in [6.45, 7) is 1.84. The maximum atomic E-state index is 5.42. The number of methoxy groups -OCH3 is 3. The highest BCUT2D eigenvalue weighted by molar-refractivity contribution is 9.10. The monoisotopic (exact) mass is 312 g/mol. The fourth-order valence-electron chi connectivity index (χ4n) is 1.75. The van der Waals surface area contributed by atoms with Crippen molar-refractivity contribution in [1.82, 2.24) is 0 Å². The second-order valence-electron chi connectivity index (χ2n) is 3.54. The van der Waals surface area contributed by atoms with E-state index in [0.29, 0.717) is 17.2 Å². The van der Waals surface area contributed by atoms with Gasteiger partial charge in [0.2, 0.25) is 5.75 Å². The van der Waals surface area contributed by atoms with Gasteiger partial charge in [-0.15, -0.1) is 11.8 Å². The van der Waals surface area contributed by atoms with Crippen LogP contribution >= 0.6 is 15.9 Å². The number of halogens is 1. The first kappa shape index (κ1) is 14.7. The molecule has 98 valence electrons. The number of aryl methyl sites for hydroxylation is 1. The number of hydrogen-bond donors (Lipinski definition) is 0. The molecule has 4 heteroatoms. The van der Waals surface area contributed by atoms with Gasteiger partial charge in [0.15, 0.2) is 11.5 Å². The molecule has 0 aromatic heterocycles. The van der Waals surface area contributed by atoms with Gasteiger partial charge in [0, 0.05) is 12.0 Å². The molecule has 0 aliphatic heterocycles. The van der Waals surface area contributed by atoms with Gasteiger partial charge in [-0.25, -0.2) is 0 Å². The summed E-state index contributed by atoms with van der Waals surface area (Å²) in [5.74, 6) is 7.87. The van der Waals surface area contributed by atoms with E-state index in [0.717, 1.165) is 22.9 Å². The maximum absolute atomic E-state index is 5.42. The molecular weight excluding hydrogens is 296 g/mol. The summed E-state index contributed by atoms with van der Waals surface area (Å²) in [5.41, 5.74) is 1.05. The third kappa shape index (κ3) is 3.11. The largest absolute Gasteiger partial charge is 0.492 e. The first-order valence-corrected chi connectivity index (χ1v) is 6.35. The third-order valence-corrected chi connectivity index (χ3v) is 3.12. The van der Waals surface area contributed by atoms with Crippen LogP contribution in [-0.4, -0.2) is 21.3 Å². The molecule has 0 aliphatic rings. The van der Waals surface area contributed by atoms with Gasteiger partial charge in [0.25, 0.3) is 0 Å². The Morgan fingerprint density at radius 2 is 1.67 bits per heavy atom. The van der Waals surface area contributed by atoms with E-state index in [1.165, 1.54) is 0 Å². The highest BCUT2D eigenvalue weighted by Crippen LogP contribution is 2.45. The van der Waals surface area contributed by atoms with Crippen molar-refractivity contribution < 1.29 is 14.2 Å². The quantitative estimate of drug-likeness (QED) is 0.780. The summed E-state index contributed by atoms with van der Waals surface area (Å²) in [6, 6.07) is 1.98. The summed E-state index contributed by atoms with van der Waals surface area (Å²) >= 11 is 3.47. The average Bonchev–Trinajstić information content (AvgIpc) is 2.38. The Morgan fingerprint density at radius 3 is 2.17 bits per heavy atom. The van der Waals surface area contributed by atoms with Crippen LogP contribution in [0.3, 0.4) is 0 Å². The Bertz CT molecular complexity index is 472. The summed E-state index contributed by atoms with van der Waals surface area (Å²) in [6.07, 6.45) is 1.59. The van der Waals surface area contributed by atoms with E-state index in [1.807, 2.05) is 13.0 Å². The van der Waals surface area contributed by atoms with Crippen molar-refractivity contribution in [2.24, 2.45) is 0 Å². The molecule has 0 atom stereocenters. The van der Waals surface area contributed by atoms with Crippen molar-refractivity contribution in [1.29, 1.82) is 0 Å². The molecule has 0 fully saturated rings. The molecule has 0 radical (unpaired) electrons. The number of rotatable bonds is 5. The second kappa shape index (κ2) is 7.17. The molecule has 0 aliphatic carbocycles. The molecule has 0 amide bonds. The minimum absolute atomic E-state index is 0.605. The molecule has 1 aromatic rings. The smallest absolute Gasteiger partial charge is 0.204 e. The van der Waals surface area contributed by atoms with Gasteiger partial charge in [-0.3, -0.25) is 0 Å². The van der Waals surface area contributed by atoms with Gasteiger partial charge in [-0.05, 0) is 35.3 Å². The Labute approximate surface area is 117 Å². The number of hydrogen-bond acceptors (Lipinski definition) is 3. The maximum Gasteiger partial charge on any atom is 0.204 e. The van der Waals surface area contributed by atoms with Crippen molar-refractivity contribution in [3.63, 3.8) is 0 Å². The molecule has 1 rings (SSSR count). The minimum atomic E-state index is 0.605. The molecule has 0 bridgehead atoms. The molecule has 0 spiro atoms. The van der Waals surface area contributed by atoms with E-state index in [2.05, 4.69) is 27.8 Å². The highest BCUT2D eigenvalue weighted by Gasteiger charge is 2.19. The molecule has 0 heterocycles. The molecule has 18 heavy (non-hydrogen) atoms. The lowest BCUT2D eigenvalue weighted by Gasteiger charge is -2.16. The summed E-state index contributed by atoms with van der Waals surface area (Å²) in [5, 5.41) is 0. The van der Waals surface area contributed by atoms with Crippen LogP contribution in [0.5, 0.6) is 17.2 Å². The SMILES string of the molecule is CC#CCCc1cc(Br)c(OC)c(OC)c1OC. The van der Waals surface area contributed by atoms with Crippen molar-refractivity contribution >= 4 is 15.9 Å². The van der Waals surface area contributed by atoms with Crippen molar-refractivity contribution in [3.05, 3.63) is 16.1 Å². The van der Waals surface area contributed by atoms with Gasteiger partial charge >= 0.3 is 0 Å². The van der Waals surface area contributed by atoms with E-state index in [4.69, 9.17) is 14.2 Å². The van der Waals surface area contributed by atoms with Crippen LogP contribution in [-0.2, 0) is 6.42 Å². The number of benzene rings is 1. The summed E-state index contributed by atoms with van der Waals surface area (Å²) < 4.78 is 17.0. The highest BCUT2D eigenvalue weighted by atomic mass is 79.9. The molecule has 0 N–H and O–H groups in total. The fourth-order valence-corrected chi connectivity index (χ4v) is 2.37. The molecule has 0 saturated carbocycles. The zero-order chi connectivity index (χ0) is 13.5. The topological polar surface area (TPSA) is 27.7 Å². The van der Waals surface area contributed by atoms with Crippen LogP contribution in [0.1, 0.15) is 18.9 Å². The van der Waals surface area contributed by atoms with E-state index in [-0.39, 0.29) is 0 Å². The van der Waals surface area contributed by atoms with Gasteiger partial charge < -0.3 is 14.2 Å². The van der Waals surface area contributed by atoms with Gasteiger partial charge in [-0.2, -0.15) is 0 Å². The van der Waals surface area contributed by atoms with E-state index in [9.17, 15) is 0 Å². The first-order valence-electron chi connectivity index (χ1n) is 5.56. The van der Waals surface area contributed by atoms with Gasteiger partial charge in [0.05, 0.1) is 25.8 Å². The lowest BCUT2D eigenvalue weighted by Crippen LogP contribution is -2.00. The van der Waals surface area contributed by atoms with Crippen molar-refractivity contribution in [2.75, 3.05) is 21.3 Å². The van der Waals surface area contributed by atoms with Crippen LogP contribution in [0.2, 0.25) is 0 Å². The van der Waals surface area contributed by atoms with Gasteiger partial charge in [0.1, 0.15) is 0 Å². The van der Waals surface area contributed by atoms with E-state index < -0.39 is 0 Å². The molecule has 3 nitrogen and oxygen atoms in total. The Morgan fingerprint density at radius 1 is 1.06 bits per heavy atom. The van der Waals surface area contributed by atoms with E-state index in [1.54, 1.807) is 21.3 Å². The minimum Gasteiger partial charge on any atom is -0.492 e. The Balaban J connectivity index is 3.24. The van der Waals surface area contributed by atoms with Crippen LogP contribution < -0.4 is 14.2 Å². The zero-order valence-corrected chi connectivity index (χ0v) is 12.7. The number of ether oxygens (including phenoxy) is 3. The third-order valence-electron chi connectivity index (χ3n) is 2.53. The second-order valence-corrected chi connectivity index (χ2v) is 4.40. The van der Waals surface area contributed by atoms with Crippen LogP contribution in [0.4, 0.5) is 0 Å². The molecule has 1 aromatic carbocycles. The van der Waals surface area contributed by atoms with E-state index >= 15 is 0 Å². The summed E-state index contributed by atoms with van der Waals surface area (Å²) in [7, 11) is 4.83. The van der Waals surface area contributed by atoms with Crippen LogP contribution in [0.25, 0.3) is 0 Å². The Hall–Kier alpha value is -1.34. The standard InChI is InChI=1S/C14H17BrO3/c1-5-6-7-8-10-9-11(15)13(17-3)14(18-4)12(10)16-2/h9H,7-8H2,1-4H3. The normalized spacial score (nSPS) is 9.39. The molecular formula is C14H17BrO3. The predicted molar refractivity (Wildman–Crippen MR) is 75.6 cm³/mol. The lowest BCUT2D eigenvalue weighted by molar-refractivity contribution is 0.321. The van der Waals surface area contributed by atoms with Crippen molar-refractivity contribution in [3.8, 4) is 29.1 Å². The van der Waals surface area contributed by atoms with Crippen LogP contribution in [0, 0.1) is 11.8 Å². The first-order chi connectivity index (χ1) is 8.69. The average molecular weight is 313 g/mol. The van der Waals surface area contributed by atoms with Crippen LogP contribution in [0.15, 0.2) is 10.5 Å². The predicted octanol–water partition coefficient (Wildman–Crippen LogP) is 3.43. The summed E-state index contributed by atoms with van der Waals surface area (Å²) in [4.78, 5) is 0. The Kier molecular flexibility index (Phi) is 5.87. The molecule has 0 unspecified atom stereocenters. The fraction of sp³-hybridized carbons (Fsp3) is 0.429. The van der Waals surface area contributed by atoms with Crippen molar-refractivity contribution in [2.45, 2.75) is 19.8 Å². The zero-order valence-electron chi connectivity index (χ0n) is 11.1. The molecule has 0 saturated heterocycles. The lowest BCUT2D eigenvalue weighted by atomic mass is 10.1.